The SMILES string of the molecule is Clc1c[n+](Cc2ccccc2)ccn1. The molecule has 0 aliphatic heterocycles. The number of rotatable bonds is 2. The second-order valence-corrected chi connectivity index (χ2v) is 3.42. The average Bonchev–Trinajstić information content (AvgIpc) is 2.19. The van der Waals surface area contributed by atoms with Gasteiger partial charge in [0.25, 0.3) is 0 Å². The molecule has 2 rings (SSSR count). The predicted octanol–water partition coefficient (Wildman–Crippen LogP) is 2.07. The van der Waals surface area contributed by atoms with Gasteiger partial charge in [-0.15, -0.1) is 0 Å². The molecular weight excluding hydrogens is 196 g/mol. The summed E-state index contributed by atoms with van der Waals surface area (Å²) in [4.78, 5) is 3.93. The first-order chi connectivity index (χ1) is 6.84. The Kier molecular flexibility index (Phi) is 2.75. The zero-order valence-electron chi connectivity index (χ0n) is 7.60. The molecule has 0 fully saturated rings. The molecular formula is C11H10ClN2+. The third-order valence-corrected chi connectivity index (χ3v) is 2.13. The molecule has 1 heterocycles. The van der Waals surface area contributed by atoms with E-state index in [1.807, 2.05) is 35.2 Å². The summed E-state index contributed by atoms with van der Waals surface area (Å²) in [5, 5.41) is 0.517. The van der Waals surface area contributed by atoms with E-state index < -0.39 is 0 Å². The van der Waals surface area contributed by atoms with Crippen LogP contribution in [0.25, 0.3) is 0 Å². The largest absolute Gasteiger partial charge is 0.233 e. The lowest BCUT2D eigenvalue weighted by atomic mass is 10.2. The Morgan fingerprint density at radius 1 is 1.21 bits per heavy atom. The Hall–Kier alpha value is -1.41. The third-order valence-electron chi connectivity index (χ3n) is 1.94. The van der Waals surface area contributed by atoms with Gasteiger partial charge in [-0.1, -0.05) is 41.9 Å². The highest BCUT2D eigenvalue weighted by molar-refractivity contribution is 6.29. The van der Waals surface area contributed by atoms with Crippen LogP contribution in [-0.2, 0) is 6.54 Å². The molecule has 3 heteroatoms. The van der Waals surface area contributed by atoms with Gasteiger partial charge in [-0.05, 0) is 0 Å². The van der Waals surface area contributed by atoms with Crippen LogP contribution in [-0.4, -0.2) is 4.98 Å². The van der Waals surface area contributed by atoms with Crippen LogP contribution in [0.5, 0.6) is 0 Å². The molecule has 0 amide bonds. The van der Waals surface area contributed by atoms with Crippen molar-refractivity contribution in [3.63, 3.8) is 0 Å². The molecule has 0 aliphatic carbocycles. The number of benzene rings is 1. The zero-order chi connectivity index (χ0) is 9.80. The minimum atomic E-state index is 0.517. The molecule has 0 aliphatic rings. The van der Waals surface area contributed by atoms with Crippen molar-refractivity contribution in [3.8, 4) is 0 Å². The Labute approximate surface area is 87.8 Å². The van der Waals surface area contributed by atoms with Gasteiger partial charge in [0, 0.05) is 5.56 Å². The van der Waals surface area contributed by atoms with Gasteiger partial charge < -0.3 is 0 Å². The summed E-state index contributed by atoms with van der Waals surface area (Å²) in [5.41, 5.74) is 1.25. The van der Waals surface area contributed by atoms with Gasteiger partial charge in [0.2, 0.25) is 6.20 Å². The van der Waals surface area contributed by atoms with E-state index in [4.69, 9.17) is 11.6 Å². The predicted molar refractivity (Wildman–Crippen MR) is 55.0 cm³/mol. The van der Waals surface area contributed by atoms with Gasteiger partial charge in [-0.25, -0.2) is 4.98 Å². The second-order valence-electron chi connectivity index (χ2n) is 3.04. The van der Waals surface area contributed by atoms with Crippen LogP contribution in [0.2, 0.25) is 5.15 Å². The van der Waals surface area contributed by atoms with Crippen LogP contribution in [0.1, 0.15) is 5.56 Å². The monoisotopic (exact) mass is 205 g/mol. The summed E-state index contributed by atoms with van der Waals surface area (Å²) in [5.74, 6) is 0. The first-order valence-electron chi connectivity index (χ1n) is 4.39. The lowest BCUT2D eigenvalue weighted by molar-refractivity contribution is -0.688. The summed E-state index contributed by atoms with van der Waals surface area (Å²) in [6, 6.07) is 10.2. The van der Waals surface area contributed by atoms with E-state index in [0.717, 1.165) is 6.54 Å². The summed E-state index contributed by atoms with van der Waals surface area (Å²) < 4.78 is 2.00. The fourth-order valence-corrected chi connectivity index (χ4v) is 1.48. The maximum absolute atomic E-state index is 5.78. The lowest BCUT2D eigenvalue weighted by Gasteiger charge is -1.96. The Bertz CT molecular complexity index is 415. The van der Waals surface area contributed by atoms with E-state index in [2.05, 4.69) is 17.1 Å². The van der Waals surface area contributed by atoms with Crippen molar-refractivity contribution < 1.29 is 4.57 Å². The van der Waals surface area contributed by atoms with Crippen LogP contribution in [0.3, 0.4) is 0 Å². The maximum atomic E-state index is 5.78. The molecule has 14 heavy (non-hydrogen) atoms. The number of hydrogen-bond acceptors (Lipinski definition) is 1. The van der Waals surface area contributed by atoms with Gasteiger partial charge in [0.1, 0.15) is 0 Å². The zero-order valence-corrected chi connectivity index (χ0v) is 8.35. The van der Waals surface area contributed by atoms with Crippen LogP contribution in [0.4, 0.5) is 0 Å². The van der Waals surface area contributed by atoms with Crippen molar-refractivity contribution >= 4 is 11.6 Å². The van der Waals surface area contributed by atoms with Crippen molar-refractivity contribution in [1.29, 1.82) is 0 Å². The van der Waals surface area contributed by atoms with Crippen molar-refractivity contribution in [2.24, 2.45) is 0 Å². The Morgan fingerprint density at radius 3 is 2.71 bits per heavy atom. The third kappa shape index (κ3) is 2.30. The molecule has 0 atom stereocenters. The van der Waals surface area contributed by atoms with E-state index in [1.54, 1.807) is 6.20 Å². The smallest absolute Gasteiger partial charge is 0.206 e. The highest BCUT2D eigenvalue weighted by atomic mass is 35.5. The molecule has 0 N–H and O–H groups in total. The number of aromatic nitrogens is 2. The topological polar surface area (TPSA) is 16.8 Å². The molecule has 1 aromatic carbocycles. The van der Waals surface area contributed by atoms with E-state index in [9.17, 15) is 0 Å². The quantitative estimate of drug-likeness (QED) is 0.686. The van der Waals surface area contributed by atoms with Crippen molar-refractivity contribution in [3.05, 3.63) is 59.6 Å². The van der Waals surface area contributed by atoms with E-state index in [0.29, 0.717) is 5.15 Å². The van der Waals surface area contributed by atoms with Gasteiger partial charge in [0.05, 0.1) is 6.20 Å². The standard InChI is InChI=1S/C11H10ClN2/c12-11-9-14(7-6-13-11)8-10-4-2-1-3-5-10/h1-7,9H,8H2/q+1. The fraction of sp³-hybridized carbons (Fsp3) is 0.0909. The van der Waals surface area contributed by atoms with Crippen molar-refractivity contribution in [2.75, 3.05) is 0 Å². The molecule has 2 nitrogen and oxygen atoms in total. The average molecular weight is 206 g/mol. The summed E-state index contributed by atoms with van der Waals surface area (Å²) in [6.07, 6.45) is 5.42. The van der Waals surface area contributed by atoms with Gasteiger partial charge in [0.15, 0.2) is 17.9 Å². The van der Waals surface area contributed by atoms with Crippen LogP contribution in [0.15, 0.2) is 48.9 Å². The molecule has 0 unspecified atom stereocenters. The molecule has 0 bridgehead atoms. The second kappa shape index (κ2) is 4.20. The lowest BCUT2D eigenvalue weighted by Crippen LogP contribution is -2.33. The highest BCUT2D eigenvalue weighted by Crippen LogP contribution is 1.99. The Morgan fingerprint density at radius 2 is 2.00 bits per heavy atom. The number of nitrogens with zero attached hydrogens (tertiary/aromatic N) is 2. The van der Waals surface area contributed by atoms with E-state index >= 15 is 0 Å². The van der Waals surface area contributed by atoms with Crippen LogP contribution >= 0.6 is 11.6 Å². The minimum absolute atomic E-state index is 0.517. The molecule has 0 spiro atoms. The summed E-state index contributed by atoms with van der Waals surface area (Å²) in [7, 11) is 0. The van der Waals surface area contributed by atoms with Gasteiger partial charge >= 0.3 is 0 Å². The van der Waals surface area contributed by atoms with E-state index in [-0.39, 0.29) is 0 Å². The molecule has 2 aromatic rings. The first kappa shape index (κ1) is 9.16. The molecule has 1 aromatic heterocycles. The van der Waals surface area contributed by atoms with Gasteiger partial charge in [-0.3, -0.25) is 0 Å². The van der Waals surface area contributed by atoms with Gasteiger partial charge in [-0.2, -0.15) is 4.57 Å². The van der Waals surface area contributed by atoms with Crippen molar-refractivity contribution in [1.82, 2.24) is 4.98 Å². The number of halogens is 1. The molecule has 0 saturated carbocycles. The number of hydrogen-bond donors (Lipinski definition) is 0. The summed E-state index contributed by atoms with van der Waals surface area (Å²) >= 11 is 5.78. The molecule has 0 saturated heterocycles. The minimum Gasteiger partial charge on any atom is -0.233 e. The normalized spacial score (nSPS) is 10.1. The van der Waals surface area contributed by atoms with Crippen LogP contribution < -0.4 is 4.57 Å². The molecule has 0 radical (unpaired) electrons. The van der Waals surface area contributed by atoms with Crippen LogP contribution in [0, 0.1) is 0 Å². The van der Waals surface area contributed by atoms with E-state index in [1.165, 1.54) is 5.56 Å². The van der Waals surface area contributed by atoms with Crippen molar-refractivity contribution in [2.45, 2.75) is 6.54 Å². The summed E-state index contributed by atoms with van der Waals surface area (Å²) in [6.45, 7) is 0.822. The molecule has 70 valence electrons. The Balaban J connectivity index is 2.19. The fourth-order valence-electron chi connectivity index (χ4n) is 1.30. The maximum Gasteiger partial charge on any atom is 0.206 e. The first-order valence-corrected chi connectivity index (χ1v) is 4.77. The highest BCUT2D eigenvalue weighted by Gasteiger charge is 2.02.